The van der Waals surface area contributed by atoms with Crippen LogP contribution in [-0.2, 0) is 4.79 Å². The highest BCUT2D eigenvalue weighted by molar-refractivity contribution is 5.85. The monoisotopic (exact) mass is 385 g/mol. The number of nitrogens with zero attached hydrogens (tertiary/aromatic N) is 3. The van der Waals surface area contributed by atoms with E-state index in [1.54, 1.807) is 0 Å². The van der Waals surface area contributed by atoms with Crippen molar-refractivity contribution < 1.29 is 14.4 Å². The van der Waals surface area contributed by atoms with Crippen LogP contribution >= 0.6 is 12.4 Å². The zero-order chi connectivity index (χ0) is 17.9. The first-order valence-electron chi connectivity index (χ1n) is 8.63. The largest absolute Gasteiger partial charge is 0.481 e. The average molecular weight is 386 g/mol. The molecule has 2 heterocycles. The molecule has 0 radical (unpaired) electrons. The molecular weight excluding hydrogens is 366 g/mol. The molecule has 6 nitrogen and oxygen atoms in total. The number of carboxylic acids is 1. The summed E-state index contributed by atoms with van der Waals surface area (Å²) in [7, 11) is 0. The lowest BCUT2D eigenvalue weighted by Gasteiger charge is -2.24. The Morgan fingerprint density at radius 1 is 1.11 bits per heavy atom. The summed E-state index contributed by atoms with van der Waals surface area (Å²) < 4.78 is 5.59. The van der Waals surface area contributed by atoms with Crippen molar-refractivity contribution in [1.82, 2.24) is 15.0 Å². The SMILES string of the molecule is Cl.O=C(O)C1CCN(C(c2ccccc2)c2nc(-c3ccccc3)no2)C1. The van der Waals surface area contributed by atoms with Gasteiger partial charge in [-0.3, -0.25) is 9.69 Å². The zero-order valence-electron chi connectivity index (χ0n) is 14.6. The van der Waals surface area contributed by atoms with Crippen molar-refractivity contribution in [3.63, 3.8) is 0 Å². The molecule has 2 atom stereocenters. The molecule has 1 aromatic heterocycles. The maximum atomic E-state index is 11.4. The number of hydrogen-bond acceptors (Lipinski definition) is 5. The fourth-order valence-corrected chi connectivity index (χ4v) is 3.42. The van der Waals surface area contributed by atoms with Crippen LogP contribution in [0.2, 0.25) is 0 Å². The van der Waals surface area contributed by atoms with Crippen LogP contribution in [0.3, 0.4) is 0 Å². The Morgan fingerprint density at radius 2 is 1.78 bits per heavy atom. The average Bonchev–Trinajstić information content (AvgIpc) is 3.34. The Kier molecular flexibility index (Phi) is 5.88. The third-order valence-corrected chi connectivity index (χ3v) is 4.76. The summed E-state index contributed by atoms with van der Waals surface area (Å²) in [6.45, 7) is 1.15. The van der Waals surface area contributed by atoms with Crippen molar-refractivity contribution in [2.24, 2.45) is 5.92 Å². The fourth-order valence-electron chi connectivity index (χ4n) is 3.42. The summed E-state index contributed by atoms with van der Waals surface area (Å²) >= 11 is 0. The third kappa shape index (κ3) is 4.02. The standard InChI is InChI=1S/C20H19N3O3.ClH/c24-20(25)16-11-12-23(13-16)17(14-7-3-1-4-8-14)19-21-18(22-26-19)15-9-5-2-6-10-15;/h1-10,16-17H,11-13H2,(H,24,25);1H. The van der Waals surface area contributed by atoms with Gasteiger partial charge in [0, 0.05) is 18.7 Å². The number of rotatable bonds is 5. The van der Waals surface area contributed by atoms with Crippen LogP contribution in [0.5, 0.6) is 0 Å². The molecule has 3 aromatic rings. The molecule has 2 unspecified atom stereocenters. The molecule has 0 aliphatic carbocycles. The first kappa shape index (κ1) is 19.1. The predicted molar refractivity (Wildman–Crippen MR) is 103 cm³/mol. The van der Waals surface area contributed by atoms with Gasteiger partial charge >= 0.3 is 5.97 Å². The molecule has 0 spiro atoms. The van der Waals surface area contributed by atoms with Gasteiger partial charge in [0.1, 0.15) is 6.04 Å². The number of aliphatic carboxylic acids is 1. The molecule has 0 bridgehead atoms. The molecule has 7 heteroatoms. The van der Waals surface area contributed by atoms with Crippen LogP contribution in [0.25, 0.3) is 11.4 Å². The highest BCUT2D eigenvalue weighted by atomic mass is 35.5. The van der Waals surface area contributed by atoms with E-state index in [4.69, 9.17) is 4.52 Å². The van der Waals surface area contributed by atoms with E-state index in [1.165, 1.54) is 0 Å². The second-order valence-corrected chi connectivity index (χ2v) is 6.45. The van der Waals surface area contributed by atoms with Crippen LogP contribution < -0.4 is 0 Å². The van der Waals surface area contributed by atoms with Gasteiger partial charge in [-0.1, -0.05) is 65.8 Å². The highest BCUT2D eigenvalue weighted by Crippen LogP contribution is 2.33. The molecule has 1 fully saturated rings. The number of carboxylic acid groups (broad SMARTS) is 1. The normalized spacial score (nSPS) is 18.0. The molecule has 0 amide bonds. The molecule has 2 aromatic carbocycles. The molecule has 140 valence electrons. The lowest BCUT2D eigenvalue weighted by Crippen LogP contribution is -2.29. The Hall–Kier alpha value is -2.70. The van der Waals surface area contributed by atoms with E-state index in [0.717, 1.165) is 11.1 Å². The van der Waals surface area contributed by atoms with E-state index in [0.29, 0.717) is 31.2 Å². The maximum absolute atomic E-state index is 11.4. The van der Waals surface area contributed by atoms with Gasteiger partial charge in [0.15, 0.2) is 0 Å². The van der Waals surface area contributed by atoms with E-state index in [9.17, 15) is 9.90 Å². The van der Waals surface area contributed by atoms with Gasteiger partial charge in [0.25, 0.3) is 0 Å². The van der Waals surface area contributed by atoms with E-state index in [1.807, 2.05) is 60.7 Å². The van der Waals surface area contributed by atoms with E-state index in [-0.39, 0.29) is 24.4 Å². The second-order valence-electron chi connectivity index (χ2n) is 6.45. The Balaban J connectivity index is 0.00000210. The van der Waals surface area contributed by atoms with Crippen molar-refractivity contribution in [3.8, 4) is 11.4 Å². The topological polar surface area (TPSA) is 79.5 Å². The molecule has 1 saturated heterocycles. The Morgan fingerprint density at radius 3 is 2.41 bits per heavy atom. The van der Waals surface area contributed by atoms with E-state index in [2.05, 4.69) is 15.0 Å². The minimum atomic E-state index is -0.755. The predicted octanol–water partition coefficient (Wildman–Crippen LogP) is 3.65. The van der Waals surface area contributed by atoms with Crippen molar-refractivity contribution >= 4 is 18.4 Å². The lowest BCUT2D eigenvalue weighted by atomic mass is 10.1. The number of carbonyl (C=O) groups is 1. The summed E-state index contributed by atoms with van der Waals surface area (Å²) in [6.07, 6.45) is 0.623. The van der Waals surface area contributed by atoms with Crippen molar-refractivity contribution in [3.05, 3.63) is 72.1 Å². The fraction of sp³-hybridized carbons (Fsp3) is 0.250. The van der Waals surface area contributed by atoms with Crippen LogP contribution in [0.15, 0.2) is 65.2 Å². The Labute approximate surface area is 163 Å². The molecule has 4 rings (SSSR count). The van der Waals surface area contributed by atoms with Gasteiger partial charge in [0.2, 0.25) is 11.7 Å². The summed E-state index contributed by atoms with van der Waals surface area (Å²) in [4.78, 5) is 18.1. The number of hydrogen-bond donors (Lipinski definition) is 1. The van der Waals surface area contributed by atoms with Crippen LogP contribution in [0.1, 0.15) is 23.9 Å². The zero-order valence-corrected chi connectivity index (χ0v) is 15.4. The number of aromatic nitrogens is 2. The van der Waals surface area contributed by atoms with Crippen molar-refractivity contribution in [2.75, 3.05) is 13.1 Å². The molecule has 1 aliphatic rings. The van der Waals surface area contributed by atoms with E-state index >= 15 is 0 Å². The molecular formula is C20H20ClN3O3. The first-order chi connectivity index (χ1) is 12.7. The molecule has 1 N–H and O–H groups in total. The van der Waals surface area contributed by atoms with Crippen molar-refractivity contribution in [1.29, 1.82) is 0 Å². The summed E-state index contributed by atoms with van der Waals surface area (Å²) in [6, 6.07) is 19.3. The molecule has 0 saturated carbocycles. The van der Waals surface area contributed by atoms with Crippen molar-refractivity contribution in [2.45, 2.75) is 12.5 Å². The number of halogens is 1. The van der Waals surface area contributed by atoms with Gasteiger partial charge in [-0.05, 0) is 12.0 Å². The van der Waals surface area contributed by atoms with Gasteiger partial charge < -0.3 is 9.63 Å². The highest BCUT2D eigenvalue weighted by Gasteiger charge is 2.36. The molecule has 27 heavy (non-hydrogen) atoms. The van der Waals surface area contributed by atoms with Crippen LogP contribution in [0.4, 0.5) is 0 Å². The molecule has 1 aliphatic heterocycles. The summed E-state index contributed by atoms with van der Waals surface area (Å²) in [5, 5.41) is 13.5. The number of benzene rings is 2. The summed E-state index contributed by atoms with van der Waals surface area (Å²) in [5.74, 6) is -0.0934. The first-order valence-corrected chi connectivity index (χ1v) is 8.63. The van der Waals surface area contributed by atoms with Gasteiger partial charge in [0.05, 0.1) is 5.92 Å². The van der Waals surface area contributed by atoms with Gasteiger partial charge in [-0.2, -0.15) is 4.98 Å². The van der Waals surface area contributed by atoms with Crippen LogP contribution in [0, 0.1) is 5.92 Å². The minimum Gasteiger partial charge on any atom is -0.481 e. The van der Waals surface area contributed by atoms with E-state index < -0.39 is 5.97 Å². The van der Waals surface area contributed by atoms with Gasteiger partial charge in [-0.25, -0.2) is 0 Å². The Bertz CT molecular complexity index is 886. The smallest absolute Gasteiger partial charge is 0.307 e. The second kappa shape index (κ2) is 8.33. The number of likely N-dealkylation sites (tertiary alicyclic amines) is 1. The lowest BCUT2D eigenvalue weighted by molar-refractivity contribution is -0.141. The minimum absolute atomic E-state index is 0. The summed E-state index contributed by atoms with van der Waals surface area (Å²) in [5.41, 5.74) is 1.90. The van der Waals surface area contributed by atoms with Crippen LogP contribution in [-0.4, -0.2) is 39.2 Å². The quantitative estimate of drug-likeness (QED) is 0.722. The van der Waals surface area contributed by atoms with Gasteiger partial charge in [-0.15, -0.1) is 12.4 Å². The maximum Gasteiger partial charge on any atom is 0.307 e. The third-order valence-electron chi connectivity index (χ3n) is 4.76.